The lowest BCUT2D eigenvalue weighted by molar-refractivity contribution is -0.0756. The van der Waals surface area contributed by atoms with E-state index in [4.69, 9.17) is 62.8 Å². The van der Waals surface area contributed by atoms with Crippen molar-refractivity contribution in [3.05, 3.63) is 105 Å². The third-order valence-electron chi connectivity index (χ3n) is 6.09. The standard InChI is InChI=1S/C11H10ClN3O2.2C9H4Cl2N2O.C3H8O.ClH/c1-15(17-2)11(16)7-3-4-8-9(5-7)13-6-10(12)14-8;10-8-4-12-7-3-5(9(11)14)1-2-6(7)13-8;10-8-4-12-6-2-1-5(9(11)14)3-7(6)13-8;1-3-4-2;/h3-6H,1-2H3;2*1-4H;3H2,1-2H3;1H. The summed E-state index contributed by atoms with van der Waals surface area (Å²) in [5, 5.41) is 1.05. The van der Waals surface area contributed by atoms with Gasteiger partial charge in [-0.05, 0) is 84.7 Å². The van der Waals surface area contributed by atoms with Crippen molar-refractivity contribution in [2.75, 3.05) is 27.9 Å². The zero-order valence-corrected chi connectivity index (χ0v) is 31.2. The summed E-state index contributed by atoms with van der Waals surface area (Å²) in [6, 6.07) is 14.7. The molecular formula is C32H27Cl6N7O5. The number of ether oxygens (including phenoxy) is 1. The van der Waals surface area contributed by atoms with E-state index in [1.165, 1.54) is 25.7 Å². The molecule has 0 N–H and O–H groups in total. The van der Waals surface area contributed by atoms with E-state index in [0.717, 1.165) is 11.7 Å². The Labute approximate surface area is 317 Å². The number of methoxy groups -OCH3 is 1. The Balaban J connectivity index is 0.000000245. The van der Waals surface area contributed by atoms with E-state index in [9.17, 15) is 14.4 Å². The van der Waals surface area contributed by atoms with Crippen molar-refractivity contribution in [1.82, 2.24) is 35.0 Å². The summed E-state index contributed by atoms with van der Waals surface area (Å²) in [5.74, 6) is -0.244. The van der Waals surface area contributed by atoms with Gasteiger partial charge < -0.3 is 4.74 Å². The molecule has 0 aliphatic rings. The maximum absolute atomic E-state index is 11.8. The molecule has 50 heavy (non-hydrogen) atoms. The topological polar surface area (TPSA) is 150 Å². The lowest BCUT2D eigenvalue weighted by atomic mass is 10.2. The fourth-order valence-corrected chi connectivity index (χ4v) is 4.26. The van der Waals surface area contributed by atoms with E-state index in [0.29, 0.717) is 60.1 Å². The van der Waals surface area contributed by atoms with Gasteiger partial charge in [-0.3, -0.25) is 34.2 Å². The largest absolute Gasteiger partial charge is 0.385 e. The Morgan fingerprint density at radius 2 is 0.980 bits per heavy atom. The lowest BCUT2D eigenvalue weighted by Crippen LogP contribution is -2.25. The maximum atomic E-state index is 11.8. The molecule has 12 nitrogen and oxygen atoms in total. The summed E-state index contributed by atoms with van der Waals surface area (Å²) in [4.78, 5) is 62.6. The van der Waals surface area contributed by atoms with Crippen LogP contribution in [-0.4, -0.2) is 79.2 Å². The van der Waals surface area contributed by atoms with Crippen LogP contribution in [0.2, 0.25) is 15.5 Å². The summed E-state index contributed by atoms with van der Waals surface area (Å²) >= 11 is 27.7. The zero-order chi connectivity index (χ0) is 36.1. The maximum Gasteiger partial charge on any atom is 0.277 e. The van der Waals surface area contributed by atoms with Gasteiger partial charge in [-0.2, -0.15) is 0 Å². The number of rotatable bonds is 5. The molecule has 0 saturated carbocycles. The second kappa shape index (κ2) is 20.7. The monoisotopic (exact) mass is 799 g/mol. The number of nitrogens with zero attached hydrogens (tertiary/aromatic N) is 7. The molecule has 0 saturated heterocycles. The predicted octanol–water partition coefficient (Wildman–Crippen LogP) is 8.32. The van der Waals surface area contributed by atoms with Gasteiger partial charge in [0, 0.05) is 37.5 Å². The average Bonchev–Trinajstić information content (AvgIpc) is 3.10. The SMILES string of the molecule is CCOC.CON(C)C(=O)c1ccc2nc(Cl)cnc2c1.Cl.O=C(Cl)c1ccc2nc(Cl)cnc2c1.O=C(Cl)c1ccc2ncc(Cl)nc2c1. The number of fused-ring (bicyclic) bond motifs is 3. The Morgan fingerprint density at radius 3 is 1.40 bits per heavy atom. The van der Waals surface area contributed by atoms with Crippen molar-refractivity contribution < 1.29 is 24.0 Å². The highest BCUT2D eigenvalue weighted by Crippen LogP contribution is 2.18. The molecule has 0 fully saturated rings. The van der Waals surface area contributed by atoms with Crippen molar-refractivity contribution in [2.45, 2.75) is 6.92 Å². The Kier molecular flexibility index (Phi) is 17.5. The molecule has 0 unspecified atom stereocenters. The molecule has 0 atom stereocenters. The quantitative estimate of drug-likeness (QED) is 0.122. The molecule has 0 aliphatic carbocycles. The summed E-state index contributed by atoms with van der Waals surface area (Å²) in [6.07, 6.45) is 4.32. The minimum Gasteiger partial charge on any atom is -0.385 e. The molecular weight excluding hydrogens is 775 g/mol. The molecule has 262 valence electrons. The van der Waals surface area contributed by atoms with Gasteiger partial charge in [0.1, 0.15) is 15.5 Å². The molecule has 18 heteroatoms. The molecule has 3 aromatic heterocycles. The molecule has 3 aromatic carbocycles. The minimum absolute atomic E-state index is 0. The number of aromatic nitrogens is 6. The van der Waals surface area contributed by atoms with Gasteiger partial charge in [-0.1, -0.05) is 34.8 Å². The van der Waals surface area contributed by atoms with Gasteiger partial charge in [-0.25, -0.2) is 20.0 Å². The number of halogens is 6. The Bertz CT molecular complexity index is 2110. The molecule has 0 aliphatic heterocycles. The summed E-state index contributed by atoms with van der Waals surface area (Å²) in [6.45, 7) is 2.78. The highest BCUT2D eigenvalue weighted by molar-refractivity contribution is 6.68. The number of carbonyl (C=O) groups excluding carboxylic acids is 3. The van der Waals surface area contributed by atoms with Crippen molar-refractivity contribution in [3.63, 3.8) is 0 Å². The van der Waals surface area contributed by atoms with Crippen LogP contribution in [0.15, 0.2) is 73.2 Å². The van der Waals surface area contributed by atoms with Gasteiger partial charge in [-0.15, -0.1) is 12.4 Å². The lowest BCUT2D eigenvalue weighted by Gasteiger charge is -2.13. The van der Waals surface area contributed by atoms with E-state index in [1.807, 2.05) is 6.92 Å². The number of carbonyl (C=O) groups is 3. The van der Waals surface area contributed by atoms with Crippen LogP contribution in [0.25, 0.3) is 33.1 Å². The fraction of sp³-hybridized carbons (Fsp3) is 0.156. The van der Waals surface area contributed by atoms with Crippen LogP contribution in [0, 0.1) is 0 Å². The average molecular weight is 802 g/mol. The summed E-state index contributed by atoms with van der Waals surface area (Å²) < 4.78 is 4.54. The summed E-state index contributed by atoms with van der Waals surface area (Å²) in [7, 11) is 4.65. The first-order chi connectivity index (χ1) is 23.4. The van der Waals surface area contributed by atoms with Crippen LogP contribution in [-0.2, 0) is 9.57 Å². The van der Waals surface area contributed by atoms with Crippen LogP contribution in [0.3, 0.4) is 0 Å². The van der Waals surface area contributed by atoms with Crippen LogP contribution >= 0.6 is 70.4 Å². The normalized spacial score (nSPS) is 10.0. The van der Waals surface area contributed by atoms with Crippen molar-refractivity contribution in [3.8, 4) is 0 Å². The number of hydrogen-bond acceptors (Lipinski definition) is 11. The first-order valence-electron chi connectivity index (χ1n) is 13.8. The van der Waals surface area contributed by atoms with E-state index in [2.05, 4.69) is 34.6 Å². The van der Waals surface area contributed by atoms with Gasteiger partial charge in [0.15, 0.2) is 0 Å². The number of hydroxylamine groups is 2. The van der Waals surface area contributed by atoms with Gasteiger partial charge in [0.25, 0.3) is 16.4 Å². The van der Waals surface area contributed by atoms with E-state index in [-0.39, 0.29) is 23.5 Å². The van der Waals surface area contributed by atoms with E-state index in [1.54, 1.807) is 68.8 Å². The molecule has 0 radical (unpaired) electrons. The Hall–Kier alpha value is -3.85. The minimum atomic E-state index is -0.520. The molecule has 3 heterocycles. The molecule has 6 aromatic rings. The summed E-state index contributed by atoms with van der Waals surface area (Å²) in [5.41, 5.74) is 5.00. The second-order valence-corrected chi connectivity index (χ2v) is 11.1. The van der Waals surface area contributed by atoms with Crippen LogP contribution < -0.4 is 0 Å². The highest BCUT2D eigenvalue weighted by atomic mass is 35.5. The van der Waals surface area contributed by atoms with Crippen molar-refractivity contribution in [1.29, 1.82) is 0 Å². The van der Waals surface area contributed by atoms with Crippen molar-refractivity contribution in [2.24, 2.45) is 0 Å². The van der Waals surface area contributed by atoms with Gasteiger partial charge in [0.05, 0.1) is 58.8 Å². The first kappa shape index (κ1) is 42.3. The third-order valence-corrected chi connectivity index (χ3v) is 7.07. The highest BCUT2D eigenvalue weighted by Gasteiger charge is 2.12. The fourth-order valence-electron chi connectivity index (χ4n) is 3.61. The smallest absolute Gasteiger partial charge is 0.277 e. The molecule has 0 spiro atoms. The van der Waals surface area contributed by atoms with Crippen LogP contribution in [0.4, 0.5) is 0 Å². The zero-order valence-electron chi connectivity index (χ0n) is 26.6. The molecule has 0 bridgehead atoms. The van der Waals surface area contributed by atoms with Gasteiger partial charge in [0.2, 0.25) is 0 Å². The first-order valence-corrected chi connectivity index (χ1v) is 15.7. The van der Waals surface area contributed by atoms with E-state index >= 15 is 0 Å². The van der Waals surface area contributed by atoms with Crippen LogP contribution in [0.1, 0.15) is 38.0 Å². The second-order valence-electron chi connectivity index (χ2n) is 9.30. The Morgan fingerprint density at radius 1 is 0.620 bits per heavy atom. The number of benzene rings is 3. The molecule has 6 rings (SSSR count). The van der Waals surface area contributed by atoms with Gasteiger partial charge >= 0.3 is 0 Å². The van der Waals surface area contributed by atoms with Crippen molar-refractivity contribution >= 4 is 120 Å². The number of amides is 1. The van der Waals surface area contributed by atoms with E-state index < -0.39 is 10.5 Å². The third kappa shape index (κ3) is 12.5. The number of hydrogen-bond donors (Lipinski definition) is 0. The molecule has 1 amide bonds. The predicted molar refractivity (Wildman–Crippen MR) is 198 cm³/mol. The van der Waals surface area contributed by atoms with Crippen LogP contribution in [0.5, 0.6) is 0 Å².